The van der Waals surface area contributed by atoms with Crippen molar-refractivity contribution in [2.45, 2.75) is 46.1 Å². The summed E-state index contributed by atoms with van der Waals surface area (Å²) in [5.41, 5.74) is 0.0260. The Bertz CT molecular complexity index is 454. The topological polar surface area (TPSA) is 82.5 Å². The normalized spacial score (nSPS) is 10.4. The Labute approximate surface area is 129 Å². The molecule has 0 aliphatic rings. The summed E-state index contributed by atoms with van der Waals surface area (Å²) >= 11 is 1.24. The van der Waals surface area contributed by atoms with Gasteiger partial charge in [0.2, 0.25) is 0 Å². The minimum atomic E-state index is -1.05. The molecule has 0 atom stereocenters. The van der Waals surface area contributed by atoms with Crippen molar-refractivity contribution in [3.63, 3.8) is 0 Å². The summed E-state index contributed by atoms with van der Waals surface area (Å²) in [7, 11) is 0. The number of nitrogens with one attached hydrogen (secondary N) is 1. The van der Waals surface area contributed by atoms with Crippen molar-refractivity contribution in [2.75, 3.05) is 13.1 Å². The highest BCUT2D eigenvalue weighted by Crippen LogP contribution is 2.09. The van der Waals surface area contributed by atoms with E-state index in [1.165, 1.54) is 16.7 Å². The summed E-state index contributed by atoms with van der Waals surface area (Å²) in [6, 6.07) is -0.107. The van der Waals surface area contributed by atoms with Crippen molar-refractivity contribution in [2.24, 2.45) is 0 Å². The van der Waals surface area contributed by atoms with Gasteiger partial charge in [0.1, 0.15) is 5.01 Å². The molecule has 6 nitrogen and oxygen atoms in total. The van der Waals surface area contributed by atoms with Crippen molar-refractivity contribution in [3.05, 3.63) is 16.1 Å². The van der Waals surface area contributed by atoms with Crippen LogP contribution in [0.3, 0.4) is 0 Å². The van der Waals surface area contributed by atoms with Crippen LogP contribution in [0, 0.1) is 0 Å². The summed E-state index contributed by atoms with van der Waals surface area (Å²) in [6.45, 7) is 5.96. The quantitative estimate of drug-likeness (QED) is 0.734. The molecule has 0 aliphatic heterocycles. The molecule has 0 unspecified atom stereocenters. The molecule has 0 saturated heterocycles. The maximum absolute atomic E-state index is 12.1. The van der Waals surface area contributed by atoms with Gasteiger partial charge < -0.3 is 15.3 Å². The number of amides is 2. The van der Waals surface area contributed by atoms with Gasteiger partial charge in [0.05, 0.1) is 6.54 Å². The summed E-state index contributed by atoms with van der Waals surface area (Å²) < 4.78 is 0. The minimum Gasteiger partial charge on any atom is -0.476 e. The van der Waals surface area contributed by atoms with Crippen LogP contribution >= 0.6 is 11.3 Å². The second-order valence-electron chi connectivity index (χ2n) is 4.78. The van der Waals surface area contributed by atoms with E-state index in [9.17, 15) is 9.59 Å². The van der Waals surface area contributed by atoms with Gasteiger partial charge in [-0.15, -0.1) is 11.3 Å². The molecule has 0 spiro atoms. The van der Waals surface area contributed by atoms with Crippen LogP contribution in [0.5, 0.6) is 0 Å². The third-order valence-electron chi connectivity index (χ3n) is 3.01. The minimum absolute atomic E-state index is 0.0260. The third-order valence-corrected chi connectivity index (χ3v) is 3.86. The van der Waals surface area contributed by atoms with Gasteiger partial charge in [-0.05, 0) is 12.8 Å². The Balaban J connectivity index is 2.48. The van der Waals surface area contributed by atoms with E-state index in [0.717, 1.165) is 38.8 Å². The van der Waals surface area contributed by atoms with Crippen molar-refractivity contribution in [1.82, 2.24) is 15.2 Å². The first-order valence-corrected chi connectivity index (χ1v) is 8.16. The predicted octanol–water partition coefficient (Wildman–Crippen LogP) is 2.95. The summed E-state index contributed by atoms with van der Waals surface area (Å²) in [5, 5.41) is 13.7. The van der Waals surface area contributed by atoms with E-state index in [1.54, 1.807) is 0 Å². The molecule has 0 saturated carbocycles. The van der Waals surface area contributed by atoms with Gasteiger partial charge in [-0.1, -0.05) is 26.7 Å². The molecule has 2 N–H and O–H groups in total. The first-order valence-electron chi connectivity index (χ1n) is 7.28. The van der Waals surface area contributed by atoms with Crippen LogP contribution < -0.4 is 5.32 Å². The number of urea groups is 1. The zero-order chi connectivity index (χ0) is 15.7. The van der Waals surface area contributed by atoms with E-state index in [2.05, 4.69) is 24.1 Å². The van der Waals surface area contributed by atoms with Gasteiger partial charge in [-0.3, -0.25) is 0 Å². The molecule has 1 heterocycles. The summed E-state index contributed by atoms with van der Waals surface area (Å²) in [4.78, 5) is 28.7. The largest absolute Gasteiger partial charge is 0.476 e. The smallest absolute Gasteiger partial charge is 0.355 e. The first-order chi connectivity index (χ1) is 10.1. The Morgan fingerprint density at radius 3 is 2.38 bits per heavy atom. The molecule has 21 heavy (non-hydrogen) atoms. The standard InChI is InChI=1S/C14H23N3O3S/c1-3-5-7-17(8-6-4-2)14(20)15-9-12-16-11(10-21-12)13(18)19/h10H,3-9H2,1-2H3,(H,15,20)(H,18,19). The van der Waals surface area contributed by atoms with Crippen LogP contribution in [0.15, 0.2) is 5.38 Å². The fourth-order valence-electron chi connectivity index (χ4n) is 1.77. The average Bonchev–Trinajstić information content (AvgIpc) is 2.94. The fourth-order valence-corrected chi connectivity index (χ4v) is 2.47. The SMILES string of the molecule is CCCCN(CCCC)C(=O)NCc1nc(C(=O)O)cs1. The molecule has 7 heteroatoms. The molecule has 1 aromatic heterocycles. The van der Waals surface area contributed by atoms with Gasteiger partial charge in [0, 0.05) is 18.5 Å². The molecule has 118 valence electrons. The predicted molar refractivity (Wildman–Crippen MR) is 82.7 cm³/mol. The van der Waals surface area contributed by atoms with Crippen LogP contribution in [0.25, 0.3) is 0 Å². The fraction of sp³-hybridized carbons (Fsp3) is 0.643. The van der Waals surface area contributed by atoms with E-state index in [1.807, 2.05) is 4.90 Å². The molecular weight excluding hydrogens is 290 g/mol. The number of thiazole rings is 1. The lowest BCUT2D eigenvalue weighted by atomic mass is 10.3. The molecule has 0 bridgehead atoms. The van der Waals surface area contributed by atoms with E-state index in [-0.39, 0.29) is 18.3 Å². The highest BCUT2D eigenvalue weighted by atomic mass is 32.1. The number of aromatic nitrogens is 1. The monoisotopic (exact) mass is 313 g/mol. The molecule has 0 aliphatic carbocycles. The van der Waals surface area contributed by atoms with E-state index in [0.29, 0.717) is 5.01 Å². The van der Waals surface area contributed by atoms with Crippen LogP contribution in [0.1, 0.15) is 55.0 Å². The first kappa shape index (κ1) is 17.4. The number of carbonyl (C=O) groups is 2. The maximum Gasteiger partial charge on any atom is 0.355 e. The molecular formula is C14H23N3O3S. The van der Waals surface area contributed by atoms with E-state index in [4.69, 9.17) is 5.11 Å². The molecule has 2 amide bonds. The number of hydrogen-bond donors (Lipinski definition) is 2. The van der Waals surface area contributed by atoms with Crippen LogP contribution in [0.2, 0.25) is 0 Å². The molecule has 0 aromatic carbocycles. The number of rotatable bonds is 9. The van der Waals surface area contributed by atoms with Crippen molar-refractivity contribution < 1.29 is 14.7 Å². The zero-order valence-electron chi connectivity index (χ0n) is 12.6. The number of unbranched alkanes of at least 4 members (excludes halogenated alkanes) is 2. The van der Waals surface area contributed by atoms with Crippen molar-refractivity contribution in [1.29, 1.82) is 0 Å². The highest BCUT2D eigenvalue weighted by molar-refractivity contribution is 7.09. The van der Waals surface area contributed by atoms with Gasteiger partial charge in [-0.2, -0.15) is 0 Å². The Kier molecular flexibility index (Phi) is 7.74. The molecule has 1 aromatic rings. The lowest BCUT2D eigenvalue weighted by molar-refractivity contribution is 0.0691. The lowest BCUT2D eigenvalue weighted by Crippen LogP contribution is -2.40. The lowest BCUT2D eigenvalue weighted by Gasteiger charge is -2.22. The van der Waals surface area contributed by atoms with Gasteiger partial charge >= 0.3 is 12.0 Å². The Hall–Kier alpha value is -1.63. The second-order valence-corrected chi connectivity index (χ2v) is 5.73. The molecule has 0 fully saturated rings. The summed E-state index contributed by atoms with van der Waals surface area (Å²) in [6.07, 6.45) is 4.06. The van der Waals surface area contributed by atoms with Crippen molar-refractivity contribution >= 4 is 23.3 Å². The number of carbonyl (C=O) groups excluding carboxylic acids is 1. The zero-order valence-corrected chi connectivity index (χ0v) is 13.4. The number of aromatic carboxylic acids is 1. The van der Waals surface area contributed by atoms with Gasteiger partial charge in [-0.25, -0.2) is 14.6 Å². The number of carboxylic acids is 1. The Morgan fingerprint density at radius 1 is 1.29 bits per heavy atom. The number of carboxylic acid groups (broad SMARTS) is 1. The van der Waals surface area contributed by atoms with Crippen molar-refractivity contribution in [3.8, 4) is 0 Å². The van der Waals surface area contributed by atoms with Gasteiger partial charge in [0.15, 0.2) is 5.69 Å². The maximum atomic E-state index is 12.1. The molecule has 0 radical (unpaired) electrons. The van der Waals surface area contributed by atoms with E-state index >= 15 is 0 Å². The molecule has 1 rings (SSSR count). The summed E-state index contributed by atoms with van der Waals surface area (Å²) in [5.74, 6) is -1.05. The third kappa shape index (κ3) is 6.12. The van der Waals surface area contributed by atoms with Gasteiger partial charge in [0.25, 0.3) is 0 Å². The average molecular weight is 313 g/mol. The van der Waals surface area contributed by atoms with Crippen LogP contribution in [-0.4, -0.2) is 40.1 Å². The highest BCUT2D eigenvalue weighted by Gasteiger charge is 2.13. The van der Waals surface area contributed by atoms with E-state index < -0.39 is 5.97 Å². The van der Waals surface area contributed by atoms with Crippen LogP contribution in [-0.2, 0) is 6.54 Å². The van der Waals surface area contributed by atoms with Crippen LogP contribution in [0.4, 0.5) is 4.79 Å². The Morgan fingerprint density at radius 2 is 1.90 bits per heavy atom. The second kappa shape index (κ2) is 9.33. The number of hydrogen-bond acceptors (Lipinski definition) is 4. The number of nitrogens with zero attached hydrogens (tertiary/aromatic N) is 2.